The summed E-state index contributed by atoms with van der Waals surface area (Å²) in [6.45, 7) is 3.68. The standard InChI is InChI=1S/C18H29FN4O4/c1-26-8-2-4-18(13-24)12-23(5-3-15(18)25)17-20-11-14(19)16(21-17)22-6-9-27-10-7-22/h11,15,24-25H,2-10,12-13H2,1H3/t15-,18+/m1/s1. The molecule has 2 saturated heterocycles. The highest BCUT2D eigenvalue weighted by Gasteiger charge is 2.42. The first-order chi connectivity index (χ1) is 13.1. The van der Waals surface area contributed by atoms with E-state index in [-0.39, 0.29) is 12.4 Å². The van der Waals surface area contributed by atoms with Crippen molar-refractivity contribution in [2.75, 3.05) is 69.5 Å². The minimum atomic E-state index is -0.659. The average molecular weight is 384 g/mol. The lowest BCUT2D eigenvalue weighted by Gasteiger charge is -2.45. The largest absolute Gasteiger partial charge is 0.396 e. The van der Waals surface area contributed by atoms with Crippen LogP contribution >= 0.6 is 0 Å². The molecule has 2 atom stereocenters. The fourth-order valence-corrected chi connectivity index (χ4v) is 3.87. The van der Waals surface area contributed by atoms with Gasteiger partial charge in [-0.2, -0.15) is 4.98 Å². The van der Waals surface area contributed by atoms with Crippen LogP contribution in [0.5, 0.6) is 0 Å². The van der Waals surface area contributed by atoms with E-state index in [2.05, 4.69) is 9.97 Å². The van der Waals surface area contributed by atoms with Crippen LogP contribution in [0.3, 0.4) is 0 Å². The van der Waals surface area contributed by atoms with Crippen molar-refractivity contribution in [1.29, 1.82) is 0 Å². The Morgan fingerprint density at radius 1 is 1.33 bits per heavy atom. The maximum absolute atomic E-state index is 14.3. The van der Waals surface area contributed by atoms with Crippen LogP contribution in [-0.4, -0.2) is 86.0 Å². The van der Waals surface area contributed by atoms with Crippen molar-refractivity contribution in [2.45, 2.75) is 25.4 Å². The van der Waals surface area contributed by atoms with Crippen molar-refractivity contribution in [2.24, 2.45) is 5.41 Å². The molecular formula is C18H29FN4O4. The molecule has 0 unspecified atom stereocenters. The second kappa shape index (κ2) is 9.09. The fourth-order valence-electron chi connectivity index (χ4n) is 3.87. The van der Waals surface area contributed by atoms with E-state index in [4.69, 9.17) is 9.47 Å². The molecule has 1 aromatic heterocycles. The predicted molar refractivity (Wildman–Crippen MR) is 98.5 cm³/mol. The predicted octanol–water partition coefficient (Wildman–Crippen LogP) is 0.429. The number of nitrogens with zero attached hydrogens (tertiary/aromatic N) is 4. The molecule has 0 spiro atoms. The van der Waals surface area contributed by atoms with Crippen LogP contribution in [0.1, 0.15) is 19.3 Å². The summed E-state index contributed by atoms with van der Waals surface area (Å²) in [5.41, 5.74) is -0.659. The lowest BCUT2D eigenvalue weighted by Crippen LogP contribution is -2.54. The van der Waals surface area contributed by atoms with Gasteiger partial charge in [0, 0.05) is 45.3 Å². The number of aliphatic hydroxyl groups is 2. The maximum Gasteiger partial charge on any atom is 0.227 e. The Morgan fingerprint density at radius 3 is 2.81 bits per heavy atom. The van der Waals surface area contributed by atoms with E-state index in [1.54, 1.807) is 7.11 Å². The first-order valence-electron chi connectivity index (χ1n) is 9.48. The molecule has 2 fully saturated rings. The van der Waals surface area contributed by atoms with Crippen molar-refractivity contribution in [3.05, 3.63) is 12.0 Å². The van der Waals surface area contributed by atoms with Crippen molar-refractivity contribution in [3.63, 3.8) is 0 Å². The van der Waals surface area contributed by atoms with Gasteiger partial charge in [-0.05, 0) is 19.3 Å². The van der Waals surface area contributed by atoms with Crippen LogP contribution < -0.4 is 9.80 Å². The Hall–Kier alpha value is -1.55. The molecule has 8 nitrogen and oxygen atoms in total. The zero-order valence-electron chi connectivity index (χ0n) is 15.8. The first-order valence-corrected chi connectivity index (χ1v) is 9.48. The number of aromatic nitrogens is 2. The topological polar surface area (TPSA) is 91.2 Å². The minimum Gasteiger partial charge on any atom is -0.396 e. The number of piperidine rings is 1. The third-order valence-electron chi connectivity index (χ3n) is 5.53. The molecule has 1 aromatic rings. The van der Waals surface area contributed by atoms with Crippen molar-refractivity contribution in [3.8, 4) is 0 Å². The van der Waals surface area contributed by atoms with Crippen LogP contribution in [0.15, 0.2) is 6.20 Å². The van der Waals surface area contributed by atoms with E-state index in [9.17, 15) is 14.6 Å². The van der Waals surface area contributed by atoms with E-state index in [1.807, 2.05) is 9.80 Å². The summed E-state index contributed by atoms with van der Waals surface area (Å²) in [6.07, 6.45) is 2.47. The van der Waals surface area contributed by atoms with Crippen LogP contribution in [0.25, 0.3) is 0 Å². The van der Waals surface area contributed by atoms with Crippen molar-refractivity contribution in [1.82, 2.24) is 9.97 Å². The lowest BCUT2D eigenvalue weighted by molar-refractivity contribution is -0.0389. The van der Waals surface area contributed by atoms with Gasteiger partial charge in [0.15, 0.2) is 11.6 Å². The van der Waals surface area contributed by atoms with Crippen LogP contribution in [-0.2, 0) is 9.47 Å². The van der Waals surface area contributed by atoms with Gasteiger partial charge in [0.1, 0.15) is 0 Å². The number of aliphatic hydroxyl groups excluding tert-OH is 2. The number of halogens is 1. The van der Waals surface area contributed by atoms with Crippen molar-refractivity contribution < 1.29 is 24.1 Å². The van der Waals surface area contributed by atoms with Crippen LogP contribution in [0.2, 0.25) is 0 Å². The molecule has 3 heterocycles. The van der Waals surface area contributed by atoms with Gasteiger partial charge in [-0.15, -0.1) is 0 Å². The number of morpholine rings is 1. The lowest BCUT2D eigenvalue weighted by atomic mass is 9.74. The van der Waals surface area contributed by atoms with Gasteiger partial charge in [-0.3, -0.25) is 0 Å². The second-order valence-electron chi connectivity index (χ2n) is 7.28. The maximum atomic E-state index is 14.3. The third-order valence-corrected chi connectivity index (χ3v) is 5.53. The summed E-state index contributed by atoms with van der Waals surface area (Å²) in [4.78, 5) is 12.4. The molecule has 0 amide bonds. The molecule has 2 N–H and O–H groups in total. The first kappa shape index (κ1) is 20.2. The second-order valence-corrected chi connectivity index (χ2v) is 7.28. The van der Waals surface area contributed by atoms with Gasteiger partial charge >= 0.3 is 0 Å². The average Bonchev–Trinajstić information content (AvgIpc) is 2.71. The summed E-state index contributed by atoms with van der Waals surface area (Å²) in [5.74, 6) is 0.254. The summed E-state index contributed by atoms with van der Waals surface area (Å²) in [5, 5.41) is 20.6. The SMILES string of the molecule is COCCC[C@@]1(CO)CN(c2ncc(F)c(N3CCOCC3)n2)CC[C@H]1O. The minimum absolute atomic E-state index is 0.133. The summed E-state index contributed by atoms with van der Waals surface area (Å²) in [6, 6.07) is 0. The Balaban J connectivity index is 1.78. The number of methoxy groups -OCH3 is 1. The molecule has 9 heteroatoms. The highest BCUT2D eigenvalue weighted by molar-refractivity contribution is 5.46. The third kappa shape index (κ3) is 4.48. The van der Waals surface area contributed by atoms with E-state index < -0.39 is 17.3 Å². The molecule has 0 aromatic carbocycles. The molecule has 2 aliphatic rings. The van der Waals surface area contributed by atoms with Gasteiger partial charge in [0.2, 0.25) is 5.95 Å². The van der Waals surface area contributed by atoms with Gasteiger partial charge in [-0.25, -0.2) is 9.37 Å². The van der Waals surface area contributed by atoms with Gasteiger partial charge in [0.25, 0.3) is 0 Å². The normalized spacial score (nSPS) is 26.4. The molecule has 27 heavy (non-hydrogen) atoms. The smallest absolute Gasteiger partial charge is 0.227 e. The molecule has 0 bridgehead atoms. The molecular weight excluding hydrogens is 355 g/mol. The van der Waals surface area contributed by atoms with Gasteiger partial charge < -0.3 is 29.5 Å². The van der Waals surface area contributed by atoms with E-state index in [0.29, 0.717) is 64.8 Å². The summed E-state index contributed by atoms with van der Waals surface area (Å²) >= 11 is 0. The highest BCUT2D eigenvalue weighted by Crippen LogP contribution is 2.36. The Labute approximate surface area is 158 Å². The van der Waals surface area contributed by atoms with Crippen LogP contribution in [0, 0.1) is 11.2 Å². The number of ether oxygens (including phenoxy) is 2. The zero-order valence-corrected chi connectivity index (χ0v) is 15.8. The van der Waals surface area contributed by atoms with Gasteiger partial charge in [0.05, 0.1) is 32.1 Å². The molecule has 3 rings (SSSR count). The summed E-state index contributed by atoms with van der Waals surface area (Å²) in [7, 11) is 1.63. The quantitative estimate of drug-likeness (QED) is 0.654. The molecule has 152 valence electrons. The number of rotatable bonds is 7. The van der Waals surface area contributed by atoms with E-state index >= 15 is 0 Å². The molecule has 0 saturated carbocycles. The van der Waals surface area contributed by atoms with Gasteiger partial charge in [-0.1, -0.05) is 0 Å². The van der Waals surface area contributed by atoms with E-state index in [0.717, 1.165) is 6.42 Å². The highest BCUT2D eigenvalue weighted by atomic mass is 19.1. The van der Waals surface area contributed by atoms with Crippen molar-refractivity contribution >= 4 is 11.8 Å². The Morgan fingerprint density at radius 2 is 2.11 bits per heavy atom. The Bertz CT molecular complexity index is 617. The number of hydrogen-bond donors (Lipinski definition) is 2. The van der Waals surface area contributed by atoms with E-state index in [1.165, 1.54) is 6.20 Å². The zero-order chi connectivity index (χ0) is 19.3. The molecule has 0 aliphatic carbocycles. The molecule has 0 radical (unpaired) electrons. The Kier molecular flexibility index (Phi) is 6.80. The monoisotopic (exact) mass is 384 g/mol. The summed E-state index contributed by atoms with van der Waals surface area (Å²) < 4.78 is 24.7. The number of anilines is 2. The number of hydrogen-bond acceptors (Lipinski definition) is 8. The fraction of sp³-hybridized carbons (Fsp3) is 0.778. The van der Waals surface area contributed by atoms with Crippen LogP contribution in [0.4, 0.5) is 16.2 Å². The molecule has 2 aliphatic heterocycles.